The van der Waals surface area contributed by atoms with Crippen LogP contribution in [0.1, 0.15) is 50.3 Å². The molecule has 0 spiro atoms. The van der Waals surface area contributed by atoms with Crippen LogP contribution in [-0.2, 0) is 22.6 Å². The van der Waals surface area contributed by atoms with Crippen LogP contribution in [-0.4, -0.2) is 33.7 Å². The lowest BCUT2D eigenvalue weighted by molar-refractivity contribution is -0.385. The smallest absolute Gasteiger partial charge is 0.273 e. The van der Waals surface area contributed by atoms with Crippen molar-refractivity contribution < 1.29 is 14.5 Å². The first-order chi connectivity index (χ1) is 14.8. The van der Waals surface area contributed by atoms with E-state index < -0.39 is 11.0 Å². The van der Waals surface area contributed by atoms with E-state index in [1.165, 1.54) is 6.07 Å². The van der Waals surface area contributed by atoms with Gasteiger partial charge in [0.25, 0.3) is 5.69 Å². The maximum absolute atomic E-state index is 13.4. The number of benzene rings is 2. The van der Waals surface area contributed by atoms with Crippen LogP contribution in [0.5, 0.6) is 0 Å². The normalized spacial score (nSPS) is 12.6. The highest BCUT2D eigenvalue weighted by Crippen LogP contribution is 2.22. The Morgan fingerprint density at radius 1 is 1.03 bits per heavy atom. The summed E-state index contributed by atoms with van der Waals surface area (Å²) < 4.78 is 0. The van der Waals surface area contributed by atoms with Crippen LogP contribution in [0.4, 0.5) is 5.69 Å². The molecular weight excluding hydrogens is 394 g/mol. The Hall–Kier alpha value is -3.22. The van der Waals surface area contributed by atoms with Crippen molar-refractivity contribution in [3.8, 4) is 0 Å². The van der Waals surface area contributed by atoms with Crippen LogP contribution in [0, 0.1) is 17.0 Å². The Morgan fingerprint density at radius 3 is 2.23 bits per heavy atom. The van der Waals surface area contributed by atoms with Crippen LogP contribution >= 0.6 is 0 Å². The van der Waals surface area contributed by atoms with Gasteiger partial charge in [0.2, 0.25) is 11.8 Å². The van der Waals surface area contributed by atoms with Gasteiger partial charge >= 0.3 is 0 Å². The van der Waals surface area contributed by atoms with Crippen LogP contribution < -0.4 is 5.32 Å². The number of hydrogen-bond donors (Lipinski definition) is 1. The lowest BCUT2D eigenvalue weighted by atomic mass is 10.0. The number of aryl methyl sites for hydroxylation is 1. The third-order valence-electron chi connectivity index (χ3n) is 5.52. The second-order valence-electron chi connectivity index (χ2n) is 7.75. The van der Waals surface area contributed by atoms with Gasteiger partial charge in [0.15, 0.2) is 0 Å². The van der Waals surface area contributed by atoms with Crippen molar-refractivity contribution in [1.82, 2.24) is 10.2 Å². The van der Waals surface area contributed by atoms with Crippen molar-refractivity contribution in [3.05, 3.63) is 75.3 Å². The Kier molecular flexibility index (Phi) is 8.73. The number of nitro benzene ring substituents is 1. The summed E-state index contributed by atoms with van der Waals surface area (Å²) in [5.41, 5.74) is 2.20. The van der Waals surface area contributed by atoms with E-state index in [0.29, 0.717) is 12.0 Å². The summed E-state index contributed by atoms with van der Waals surface area (Å²) in [6.07, 6.45) is 1.08. The molecule has 2 aromatic rings. The van der Waals surface area contributed by atoms with Gasteiger partial charge in [0.1, 0.15) is 6.04 Å². The molecule has 0 radical (unpaired) electrons. The van der Waals surface area contributed by atoms with E-state index in [0.717, 1.165) is 17.5 Å². The van der Waals surface area contributed by atoms with Gasteiger partial charge in [-0.05, 0) is 37.8 Å². The highest BCUT2D eigenvalue weighted by atomic mass is 16.6. The molecule has 2 amide bonds. The maximum Gasteiger partial charge on any atom is 0.273 e. The molecular formula is C24H31N3O4. The molecule has 0 aliphatic heterocycles. The Labute approximate surface area is 183 Å². The molecule has 0 saturated heterocycles. The summed E-state index contributed by atoms with van der Waals surface area (Å²) in [6, 6.07) is 13.3. The van der Waals surface area contributed by atoms with Crippen LogP contribution in [0.15, 0.2) is 48.5 Å². The number of para-hydroxylation sites is 1. The van der Waals surface area contributed by atoms with Gasteiger partial charge in [-0.25, -0.2) is 0 Å². The number of rotatable bonds is 10. The molecule has 7 heteroatoms. The minimum Gasteiger partial charge on any atom is -0.352 e. The number of nitrogens with zero attached hydrogens (tertiary/aromatic N) is 2. The van der Waals surface area contributed by atoms with E-state index in [1.54, 1.807) is 23.1 Å². The fourth-order valence-corrected chi connectivity index (χ4v) is 3.43. The maximum atomic E-state index is 13.4. The quantitative estimate of drug-likeness (QED) is 0.457. The van der Waals surface area contributed by atoms with Crippen molar-refractivity contribution in [2.75, 3.05) is 0 Å². The topological polar surface area (TPSA) is 92.6 Å². The molecule has 0 aliphatic rings. The van der Waals surface area contributed by atoms with E-state index in [4.69, 9.17) is 0 Å². The van der Waals surface area contributed by atoms with Gasteiger partial charge in [0, 0.05) is 24.2 Å². The third-order valence-corrected chi connectivity index (χ3v) is 5.52. The number of carbonyl (C=O) groups is 2. The molecule has 0 unspecified atom stereocenters. The lowest BCUT2D eigenvalue weighted by Crippen LogP contribution is -2.51. The monoisotopic (exact) mass is 425 g/mol. The zero-order valence-electron chi connectivity index (χ0n) is 18.6. The standard InChI is InChI=1S/C24H31N3O4/c1-5-18(4)25-24(29)21(6-2)26(16-20-13-8-7-11-17(20)3)23(28)15-19-12-9-10-14-22(19)27(30)31/h7-14,18,21H,5-6,15-16H2,1-4H3,(H,25,29)/t18-,21-/m0/s1. The SMILES string of the molecule is CC[C@H](C)NC(=O)[C@H](CC)N(Cc1ccccc1C)C(=O)Cc1ccccc1[N+](=O)[O-]. The third kappa shape index (κ3) is 6.38. The first-order valence-electron chi connectivity index (χ1n) is 10.6. The van der Waals surface area contributed by atoms with Crippen molar-refractivity contribution in [1.29, 1.82) is 0 Å². The second-order valence-corrected chi connectivity index (χ2v) is 7.75. The van der Waals surface area contributed by atoms with Gasteiger partial charge in [-0.2, -0.15) is 0 Å². The van der Waals surface area contributed by atoms with Crippen molar-refractivity contribution in [2.24, 2.45) is 0 Å². The fraction of sp³-hybridized carbons (Fsp3) is 0.417. The molecule has 0 saturated carbocycles. The van der Waals surface area contributed by atoms with E-state index in [1.807, 2.05) is 52.0 Å². The number of hydrogen-bond acceptors (Lipinski definition) is 4. The van der Waals surface area contributed by atoms with Crippen molar-refractivity contribution >= 4 is 17.5 Å². The highest BCUT2D eigenvalue weighted by Gasteiger charge is 2.30. The predicted octanol–water partition coefficient (Wildman–Crippen LogP) is 4.17. The number of amides is 2. The largest absolute Gasteiger partial charge is 0.352 e. The molecule has 0 aromatic heterocycles. The summed E-state index contributed by atoms with van der Waals surface area (Å²) in [7, 11) is 0. The minimum absolute atomic E-state index is 0.00725. The lowest BCUT2D eigenvalue weighted by Gasteiger charge is -2.32. The fourth-order valence-electron chi connectivity index (χ4n) is 3.43. The van der Waals surface area contributed by atoms with E-state index in [2.05, 4.69) is 5.32 Å². The molecule has 2 aromatic carbocycles. The van der Waals surface area contributed by atoms with Gasteiger partial charge in [-0.15, -0.1) is 0 Å². The van der Waals surface area contributed by atoms with Gasteiger partial charge in [-0.1, -0.05) is 56.3 Å². The van der Waals surface area contributed by atoms with E-state index in [-0.39, 0.29) is 36.5 Å². The first kappa shape index (κ1) is 24.1. The van der Waals surface area contributed by atoms with Crippen LogP contribution in [0.25, 0.3) is 0 Å². The molecule has 2 rings (SSSR count). The minimum atomic E-state index is -0.663. The van der Waals surface area contributed by atoms with Crippen LogP contribution in [0.2, 0.25) is 0 Å². The molecule has 166 valence electrons. The zero-order chi connectivity index (χ0) is 23.0. The van der Waals surface area contributed by atoms with Crippen molar-refractivity contribution in [3.63, 3.8) is 0 Å². The van der Waals surface area contributed by atoms with Gasteiger partial charge in [0.05, 0.1) is 11.3 Å². The Morgan fingerprint density at radius 2 is 1.65 bits per heavy atom. The highest BCUT2D eigenvalue weighted by molar-refractivity contribution is 5.89. The molecule has 31 heavy (non-hydrogen) atoms. The average Bonchev–Trinajstić information content (AvgIpc) is 2.74. The molecule has 0 bridgehead atoms. The molecule has 7 nitrogen and oxygen atoms in total. The summed E-state index contributed by atoms with van der Waals surface area (Å²) >= 11 is 0. The summed E-state index contributed by atoms with van der Waals surface area (Å²) in [5.74, 6) is -0.523. The number of nitro groups is 1. The molecule has 2 atom stereocenters. The number of carbonyl (C=O) groups excluding carboxylic acids is 2. The first-order valence-corrected chi connectivity index (χ1v) is 10.6. The van der Waals surface area contributed by atoms with Gasteiger partial charge in [-0.3, -0.25) is 19.7 Å². The number of nitrogens with one attached hydrogen (secondary N) is 1. The van der Waals surface area contributed by atoms with Crippen molar-refractivity contribution in [2.45, 2.75) is 65.6 Å². The molecule has 0 heterocycles. The second kappa shape index (κ2) is 11.2. The van der Waals surface area contributed by atoms with Crippen LogP contribution in [0.3, 0.4) is 0 Å². The molecule has 0 aliphatic carbocycles. The summed E-state index contributed by atoms with van der Waals surface area (Å²) in [6.45, 7) is 7.99. The average molecular weight is 426 g/mol. The predicted molar refractivity (Wildman–Crippen MR) is 121 cm³/mol. The van der Waals surface area contributed by atoms with Gasteiger partial charge < -0.3 is 10.2 Å². The zero-order valence-corrected chi connectivity index (χ0v) is 18.6. The molecule has 0 fully saturated rings. The summed E-state index contributed by atoms with van der Waals surface area (Å²) in [4.78, 5) is 38.8. The summed E-state index contributed by atoms with van der Waals surface area (Å²) in [5, 5.41) is 14.3. The molecule has 1 N–H and O–H groups in total. The van der Waals surface area contributed by atoms with E-state index in [9.17, 15) is 19.7 Å². The Balaban J connectivity index is 2.38. The Bertz CT molecular complexity index is 929. The van der Waals surface area contributed by atoms with E-state index >= 15 is 0 Å².